The zero-order valence-electron chi connectivity index (χ0n) is 11.1. The van der Waals surface area contributed by atoms with Crippen molar-refractivity contribution in [2.45, 2.75) is 37.8 Å². The molecule has 5 heteroatoms. The molecule has 5 nitrogen and oxygen atoms in total. The molecule has 1 heterocycles. The Morgan fingerprint density at radius 2 is 2.06 bits per heavy atom. The Balaban J connectivity index is 1.62. The smallest absolute Gasteiger partial charge is 0.234 e. The zero-order chi connectivity index (χ0) is 13.0. The van der Waals surface area contributed by atoms with Crippen molar-refractivity contribution in [2.75, 3.05) is 33.4 Å². The third-order valence-corrected chi connectivity index (χ3v) is 3.66. The highest BCUT2D eigenvalue weighted by Crippen LogP contribution is 2.32. The molecule has 0 spiro atoms. The van der Waals surface area contributed by atoms with Crippen molar-refractivity contribution in [2.24, 2.45) is 5.92 Å². The lowest BCUT2D eigenvalue weighted by Gasteiger charge is -2.25. The van der Waals surface area contributed by atoms with E-state index >= 15 is 0 Å². The summed E-state index contributed by atoms with van der Waals surface area (Å²) in [5, 5.41) is 12.8. The molecule has 0 radical (unpaired) electrons. The highest BCUT2D eigenvalue weighted by Gasteiger charge is 2.30. The van der Waals surface area contributed by atoms with Gasteiger partial charge in [-0.25, -0.2) is 0 Å². The van der Waals surface area contributed by atoms with E-state index in [-0.39, 0.29) is 18.1 Å². The number of hydrogen-bond acceptors (Lipinski definition) is 4. The molecule has 0 aromatic rings. The van der Waals surface area contributed by atoms with Crippen LogP contribution < -0.4 is 5.32 Å². The van der Waals surface area contributed by atoms with Gasteiger partial charge in [0.25, 0.3) is 0 Å². The normalized spacial score (nSPS) is 23.1. The van der Waals surface area contributed by atoms with E-state index in [9.17, 15) is 9.90 Å². The summed E-state index contributed by atoms with van der Waals surface area (Å²) in [7, 11) is 1.88. The average molecular weight is 256 g/mol. The highest BCUT2D eigenvalue weighted by molar-refractivity contribution is 5.78. The summed E-state index contributed by atoms with van der Waals surface area (Å²) in [5.41, 5.74) is 0. The molecule has 18 heavy (non-hydrogen) atoms. The Kier molecular flexibility index (Phi) is 4.97. The number of carbonyl (C=O) groups excluding carboxylic acids is 1. The summed E-state index contributed by atoms with van der Waals surface area (Å²) >= 11 is 0. The molecular weight excluding hydrogens is 232 g/mol. The van der Waals surface area contributed by atoms with Gasteiger partial charge in [0.2, 0.25) is 5.91 Å². The number of rotatable bonds is 6. The number of hydrogen-bond donors (Lipinski definition) is 2. The molecule has 0 bridgehead atoms. The molecule has 1 aliphatic carbocycles. The van der Waals surface area contributed by atoms with Crippen molar-refractivity contribution in [3.05, 3.63) is 0 Å². The molecule has 1 unspecified atom stereocenters. The average Bonchev–Trinajstić information content (AvgIpc) is 3.13. The van der Waals surface area contributed by atoms with Crippen LogP contribution >= 0.6 is 0 Å². The first-order chi connectivity index (χ1) is 8.65. The van der Waals surface area contributed by atoms with E-state index in [4.69, 9.17) is 4.74 Å². The second-order valence-electron chi connectivity index (χ2n) is 5.56. The second kappa shape index (κ2) is 6.50. The van der Waals surface area contributed by atoms with Crippen LogP contribution in [0, 0.1) is 5.92 Å². The molecule has 104 valence electrons. The van der Waals surface area contributed by atoms with Gasteiger partial charge in [0, 0.05) is 25.8 Å². The fourth-order valence-electron chi connectivity index (χ4n) is 2.37. The van der Waals surface area contributed by atoms with Crippen LogP contribution in [0.1, 0.15) is 25.7 Å². The quantitative estimate of drug-likeness (QED) is 0.701. The fraction of sp³-hybridized carbons (Fsp3) is 0.923. The maximum Gasteiger partial charge on any atom is 0.234 e. The van der Waals surface area contributed by atoms with Crippen LogP contribution in [-0.4, -0.2) is 61.4 Å². The van der Waals surface area contributed by atoms with Gasteiger partial charge in [0.1, 0.15) is 0 Å². The van der Waals surface area contributed by atoms with Gasteiger partial charge in [-0.05, 0) is 38.6 Å². The molecule has 1 saturated heterocycles. The molecule has 1 aliphatic heterocycles. The summed E-state index contributed by atoms with van der Waals surface area (Å²) in [6.07, 6.45) is 3.79. The summed E-state index contributed by atoms with van der Waals surface area (Å²) in [6, 6.07) is 0.257. The van der Waals surface area contributed by atoms with Gasteiger partial charge in [0.15, 0.2) is 0 Å². The van der Waals surface area contributed by atoms with Crippen LogP contribution in [0.15, 0.2) is 0 Å². The Labute approximate surface area is 108 Å². The molecule has 1 saturated carbocycles. The number of aliphatic hydroxyl groups is 1. The third kappa shape index (κ3) is 4.55. The first-order valence-corrected chi connectivity index (χ1v) is 6.89. The minimum atomic E-state index is -0.272. The van der Waals surface area contributed by atoms with Crippen LogP contribution in [0.2, 0.25) is 0 Å². The van der Waals surface area contributed by atoms with Gasteiger partial charge in [0.05, 0.1) is 12.6 Å². The van der Waals surface area contributed by atoms with Crippen molar-refractivity contribution >= 4 is 5.91 Å². The first-order valence-electron chi connectivity index (χ1n) is 6.89. The number of carbonyl (C=O) groups is 1. The molecule has 2 N–H and O–H groups in total. The lowest BCUT2D eigenvalue weighted by Crippen LogP contribution is -2.44. The van der Waals surface area contributed by atoms with Crippen LogP contribution in [0.5, 0.6) is 0 Å². The van der Waals surface area contributed by atoms with E-state index < -0.39 is 0 Å². The van der Waals surface area contributed by atoms with Crippen molar-refractivity contribution < 1.29 is 14.6 Å². The van der Waals surface area contributed by atoms with E-state index in [0.29, 0.717) is 19.0 Å². The van der Waals surface area contributed by atoms with Gasteiger partial charge < -0.3 is 15.2 Å². The topological polar surface area (TPSA) is 61.8 Å². The van der Waals surface area contributed by atoms with Gasteiger partial charge >= 0.3 is 0 Å². The maximum absolute atomic E-state index is 11.8. The van der Waals surface area contributed by atoms with Gasteiger partial charge in [-0.3, -0.25) is 9.69 Å². The van der Waals surface area contributed by atoms with Crippen molar-refractivity contribution in [3.8, 4) is 0 Å². The largest absolute Gasteiger partial charge is 0.392 e. The molecule has 0 aromatic carbocycles. The highest BCUT2D eigenvalue weighted by atomic mass is 16.5. The lowest BCUT2D eigenvalue weighted by atomic mass is 10.1. The van der Waals surface area contributed by atoms with Crippen LogP contribution in [0.25, 0.3) is 0 Å². The molecule has 1 amide bonds. The number of aliphatic hydroxyl groups excluding tert-OH is 1. The predicted octanol–water partition coefficient (Wildman–Crippen LogP) is -0.0157. The van der Waals surface area contributed by atoms with Gasteiger partial charge in [-0.1, -0.05) is 0 Å². The minimum absolute atomic E-state index is 0.0485. The summed E-state index contributed by atoms with van der Waals surface area (Å²) in [5.74, 6) is 0.512. The number of ether oxygens (including phenoxy) is 1. The van der Waals surface area contributed by atoms with Gasteiger partial charge in [-0.15, -0.1) is 0 Å². The van der Waals surface area contributed by atoms with Crippen LogP contribution in [-0.2, 0) is 9.53 Å². The summed E-state index contributed by atoms with van der Waals surface area (Å²) in [4.78, 5) is 13.7. The van der Waals surface area contributed by atoms with E-state index in [1.807, 2.05) is 11.9 Å². The monoisotopic (exact) mass is 256 g/mol. The van der Waals surface area contributed by atoms with Crippen molar-refractivity contribution in [3.63, 3.8) is 0 Å². The number of likely N-dealkylation sites (N-methyl/N-ethyl adjacent to an activating group) is 1. The summed E-state index contributed by atoms with van der Waals surface area (Å²) < 4.78 is 5.25. The molecular formula is C13H24N2O3. The molecule has 2 rings (SSSR count). The van der Waals surface area contributed by atoms with E-state index in [1.54, 1.807) is 0 Å². The zero-order valence-corrected chi connectivity index (χ0v) is 11.1. The second-order valence-corrected chi connectivity index (χ2v) is 5.56. The van der Waals surface area contributed by atoms with E-state index in [0.717, 1.165) is 38.9 Å². The summed E-state index contributed by atoms with van der Waals surface area (Å²) in [6.45, 7) is 2.43. The Hall–Kier alpha value is -0.650. The van der Waals surface area contributed by atoms with E-state index in [1.165, 1.54) is 0 Å². The molecule has 2 fully saturated rings. The van der Waals surface area contributed by atoms with Crippen molar-refractivity contribution in [1.29, 1.82) is 0 Å². The van der Waals surface area contributed by atoms with Crippen LogP contribution in [0.3, 0.4) is 0 Å². The number of nitrogens with zero attached hydrogens (tertiary/aromatic N) is 1. The van der Waals surface area contributed by atoms with Crippen molar-refractivity contribution in [1.82, 2.24) is 10.2 Å². The Morgan fingerprint density at radius 1 is 1.39 bits per heavy atom. The lowest BCUT2D eigenvalue weighted by molar-refractivity contribution is -0.123. The maximum atomic E-state index is 11.8. The molecule has 1 atom stereocenters. The Bertz CT molecular complexity index is 275. The standard InChI is InChI=1S/C13H24N2O3/c1-15(8-12(16)10-2-3-10)9-13(17)14-11-4-6-18-7-5-11/h10-12,16H,2-9H2,1H3,(H,14,17). The Morgan fingerprint density at radius 3 is 2.67 bits per heavy atom. The fourth-order valence-corrected chi connectivity index (χ4v) is 2.37. The van der Waals surface area contributed by atoms with E-state index in [2.05, 4.69) is 5.32 Å². The SMILES string of the molecule is CN(CC(=O)NC1CCOCC1)CC(O)C1CC1. The molecule has 2 aliphatic rings. The first kappa shape index (κ1) is 13.8. The predicted molar refractivity (Wildman–Crippen MR) is 68.2 cm³/mol. The molecule has 0 aromatic heterocycles. The van der Waals surface area contributed by atoms with Gasteiger partial charge in [-0.2, -0.15) is 0 Å². The third-order valence-electron chi connectivity index (χ3n) is 3.66. The number of amides is 1. The van der Waals surface area contributed by atoms with Crippen LogP contribution in [0.4, 0.5) is 0 Å². The minimum Gasteiger partial charge on any atom is -0.392 e. The number of nitrogens with one attached hydrogen (secondary N) is 1.